The van der Waals surface area contributed by atoms with Gasteiger partial charge in [0.2, 0.25) is 0 Å². The van der Waals surface area contributed by atoms with Gasteiger partial charge in [0.25, 0.3) is 5.91 Å². The van der Waals surface area contributed by atoms with Gasteiger partial charge < -0.3 is 10.2 Å². The maximum Gasteiger partial charge on any atom is 0.274 e. The number of carbonyl (C=O) groups excluding carboxylic acids is 1. The minimum Gasteiger partial charge on any atom is -0.356 e. The Hall–Kier alpha value is -2.57. The highest BCUT2D eigenvalue weighted by molar-refractivity contribution is 6.03. The van der Waals surface area contributed by atoms with Crippen LogP contribution >= 0.6 is 0 Å². The van der Waals surface area contributed by atoms with Crippen LogP contribution in [0.3, 0.4) is 0 Å². The predicted molar refractivity (Wildman–Crippen MR) is 87.0 cm³/mol. The molecule has 1 fully saturated rings. The molecule has 7 heteroatoms. The third-order valence-electron chi connectivity index (χ3n) is 4.05. The molecular weight excluding hydrogens is 314 g/mol. The molecule has 0 saturated carbocycles. The van der Waals surface area contributed by atoms with Gasteiger partial charge in [-0.3, -0.25) is 4.79 Å². The van der Waals surface area contributed by atoms with E-state index in [1.165, 1.54) is 18.8 Å². The number of hydrogen-bond donors (Lipinski definition) is 1. The van der Waals surface area contributed by atoms with Crippen molar-refractivity contribution < 1.29 is 13.6 Å². The van der Waals surface area contributed by atoms with Crippen molar-refractivity contribution in [2.75, 3.05) is 23.3 Å². The van der Waals surface area contributed by atoms with Crippen molar-refractivity contribution in [3.8, 4) is 0 Å². The molecule has 1 aromatic heterocycles. The monoisotopic (exact) mass is 332 g/mol. The van der Waals surface area contributed by atoms with Crippen molar-refractivity contribution in [2.24, 2.45) is 5.92 Å². The van der Waals surface area contributed by atoms with E-state index in [9.17, 15) is 13.6 Å². The molecule has 5 nitrogen and oxygen atoms in total. The van der Waals surface area contributed by atoms with Crippen molar-refractivity contribution in [2.45, 2.75) is 19.8 Å². The lowest BCUT2D eigenvalue weighted by Crippen LogP contribution is -2.35. The number of aromatic nitrogens is 2. The van der Waals surface area contributed by atoms with E-state index in [4.69, 9.17) is 0 Å². The SMILES string of the molecule is CC1CCCN(c2cc(C(=O)Nc3ccc(F)cc3F)ncn2)C1. The van der Waals surface area contributed by atoms with Gasteiger partial charge in [-0.2, -0.15) is 0 Å². The summed E-state index contributed by atoms with van der Waals surface area (Å²) in [6, 6.07) is 4.57. The lowest BCUT2D eigenvalue weighted by atomic mass is 10.0. The van der Waals surface area contributed by atoms with Crippen molar-refractivity contribution in [1.82, 2.24) is 9.97 Å². The van der Waals surface area contributed by atoms with E-state index >= 15 is 0 Å². The normalized spacial score (nSPS) is 17.6. The summed E-state index contributed by atoms with van der Waals surface area (Å²) in [5, 5.41) is 2.40. The summed E-state index contributed by atoms with van der Waals surface area (Å²) in [5.41, 5.74) is 0.0510. The van der Waals surface area contributed by atoms with Crippen molar-refractivity contribution in [3.05, 3.63) is 47.9 Å². The Morgan fingerprint density at radius 1 is 1.29 bits per heavy atom. The zero-order valence-electron chi connectivity index (χ0n) is 13.3. The Labute approximate surface area is 138 Å². The molecule has 3 rings (SSSR count). The van der Waals surface area contributed by atoms with E-state index in [1.54, 1.807) is 6.07 Å². The van der Waals surface area contributed by atoms with Gasteiger partial charge in [0, 0.05) is 25.2 Å². The summed E-state index contributed by atoms with van der Waals surface area (Å²) < 4.78 is 26.6. The van der Waals surface area contributed by atoms with E-state index < -0.39 is 17.5 Å². The van der Waals surface area contributed by atoms with E-state index in [1.807, 2.05) is 0 Å². The van der Waals surface area contributed by atoms with Crippen LogP contribution in [-0.2, 0) is 0 Å². The molecule has 0 aliphatic carbocycles. The van der Waals surface area contributed by atoms with Gasteiger partial charge >= 0.3 is 0 Å². The second-order valence-corrected chi connectivity index (χ2v) is 6.03. The summed E-state index contributed by atoms with van der Waals surface area (Å²) in [6.45, 7) is 3.94. The zero-order chi connectivity index (χ0) is 17.1. The topological polar surface area (TPSA) is 58.1 Å². The van der Waals surface area contributed by atoms with E-state index in [0.717, 1.165) is 31.6 Å². The molecule has 1 saturated heterocycles. The number of nitrogens with zero attached hydrogens (tertiary/aromatic N) is 3. The number of anilines is 2. The summed E-state index contributed by atoms with van der Waals surface area (Å²) in [7, 11) is 0. The molecule has 126 valence electrons. The number of benzene rings is 1. The third kappa shape index (κ3) is 3.67. The second kappa shape index (κ2) is 6.90. The smallest absolute Gasteiger partial charge is 0.274 e. The first-order valence-electron chi connectivity index (χ1n) is 7.86. The van der Waals surface area contributed by atoms with Crippen LogP contribution < -0.4 is 10.2 Å². The number of nitrogens with one attached hydrogen (secondary N) is 1. The molecule has 1 aromatic carbocycles. The quantitative estimate of drug-likeness (QED) is 0.937. The summed E-state index contributed by atoms with van der Waals surface area (Å²) in [4.78, 5) is 22.6. The van der Waals surface area contributed by atoms with Gasteiger partial charge in [-0.25, -0.2) is 18.7 Å². The van der Waals surface area contributed by atoms with Gasteiger partial charge in [-0.1, -0.05) is 6.92 Å². The van der Waals surface area contributed by atoms with Gasteiger partial charge in [0.15, 0.2) is 0 Å². The summed E-state index contributed by atoms with van der Waals surface area (Å²) in [6.07, 6.45) is 3.58. The summed E-state index contributed by atoms with van der Waals surface area (Å²) >= 11 is 0. The number of piperidine rings is 1. The minimum atomic E-state index is -0.831. The van der Waals surface area contributed by atoms with Crippen LogP contribution in [0.2, 0.25) is 0 Å². The molecule has 1 aliphatic heterocycles. The first-order valence-corrected chi connectivity index (χ1v) is 7.86. The number of hydrogen-bond acceptors (Lipinski definition) is 4. The Balaban J connectivity index is 1.76. The Morgan fingerprint density at radius 2 is 2.12 bits per heavy atom. The average molecular weight is 332 g/mol. The number of amides is 1. The Kier molecular flexibility index (Phi) is 4.69. The largest absolute Gasteiger partial charge is 0.356 e. The standard InChI is InChI=1S/C17H18F2N4O/c1-11-3-2-6-23(9-11)16-8-15(20-10-21-16)17(24)22-14-5-4-12(18)7-13(14)19/h4-5,7-8,10-11H,2-3,6,9H2,1H3,(H,22,24). The van der Waals surface area contributed by atoms with Crippen molar-refractivity contribution in [1.29, 1.82) is 0 Å². The van der Waals surface area contributed by atoms with Crippen LogP contribution in [0.4, 0.5) is 20.3 Å². The van der Waals surface area contributed by atoms with Crippen LogP contribution in [0.15, 0.2) is 30.6 Å². The van der Waals surface area contributed by atoms with Crippen molar-refractivity contribution in [3.63, 3.8) is 0 Å². The molecule has 1 atom stereocenters. The van der Waals surface area contributed by atoms with Gasteiger partial charge in [0.05, 0.1) is 5.69 Å². The van der Waals surface area contributed by atoms with Crippen LogP contribution in [0.25, 0.3) is 0 Å². The number of halogens is 2. The molecule has 1 amide bonds. The third-order valence-corrected chi connectivity index (χ3v) is 4.05. The lowest BCUT2D eigenvalue weighted by Gasteiger charge is -2.31. The van der Waals surface area contributed by atoms with Crippen LogP contribution in [0.1, 0.15) is 30.3 Å². The molecule has 1 N–H and O–H groups in total. The minimum absolute atomic E-state index is 0.0897. The van der Waals surface area contributed by atoms with Crippen LogP contribution in [0.5, 0.6) is 0 Å². The number of rotatable bonds is 3. The lowest BCUT2D eigenvalue weighted by molar-refractivity contribution is 0.102. The summed E-state index contributed by atoms with van der Waals surface area (Å²) in [5.74, 6) is -0.841. The van der Waals surface area contributed by atoms with E-state index in [-0.39, 0.29) is 11.4 Å². The first-order chi connectivity index (χ1) is 11.5. The van der Waals surface area contributed by atoms with Crippen LogP contribution in [-0.4, -0.2) is 29.0 Å². The highest BCUT2D eigenvalue weighted by atomic mass is 19.1. The fourth-order valence-corrected chi connectivity index (χ4v) is 2.82. The van der Waals surface area contributed by atoms with Gasteiger partial charge in [-0.15, -0.1) is 0 Å². The molecular formula is C17H18F2N4O. The maximum atomic E-state index is 13.6. The molecule has 1 aliphatic rings. The first kappa shape index (κ1) is 16.3. The zero-order valence-corrected chi connectivity index (χ0v) is 13.3. The van der Waals surface area contributed by atoms with Crippen LogP contribution in [0, 0.1) is 17.6 Å². The molecule has 0 bridgehead atoms. The molecule has 2 aromatic rings. The fourth-order valence-electron chi connectivity index (χ4n) is 2.82. The molecule has 1 unspecified atom stereocenters. The molecule has 24 heavy (non-hydrogen) atoms. The Morgan fingerprint density at radius 3 is 2.88 bits per heavy atom. The van der Waals surface area contributed by atoms with Gasteiger partial charge in [-0.05, 0) is 30.9 Å². The highest BCUT2D eigenvalue weighted by Gasteiger charge is 2.19. The molecule has 2 heterocycles. The van der Waals surface area contributed by atoms with E-state index in [0.29, 0.717) is 11.7 Å². The average Bonchev–Trinajstić information content (AvgIpc) is 2.57. The Bertz CT molecular complexity index is 753. The predicted octanol–water partition coefficient (Wildman–Crippen LogP) is 3.24. The van der Waals surface area contributed by atoms with Gasteiger partial charge in [0.1, 0.15) is 29.5 Å². The second-order valence-electron chi connectivity index (χ2n) is 6.03. The maximum absolute atomic E-state index is 13.6. The molecule has 0 radical (unpaired) electrons. The highest BCUT2D eigenvalue weighted by Crippen LogP contribution is 2.22. The van der Waals surface area contributed by atoms with E-state index in [2.05, 4.69) is 27.1 Å². The number of carbonyl (C=O) groups is 1. The molecule has 0 spiro atoms. The fraction of sp³-hybridized carbons (Fsp3) is 0.353. The van der Waals surface area contributed by atoms with Crippen molar-refractivity contribution >= 4 is 17.4 Å².